The molecule has 0 radical (unpaired) electrons. The molecule has 0 spiro atoms. The SMILES string of the molecule is CCCCCCCCCCCCCCCCn1c(SCCCCCCCCCC)nc2c1c(=O)[nH]c(=O)n2C. The van der Waals surface area contributed by atoms with Crippen molar-refractivity contribution >= 4 is 22.9 Å². The van der Waals surface area contributed by atoms with E-state index in [-0.39, 0.29) is 5.56 Å². The van der Waals surface area contributed by atoms with Crippen LogP contribution in [0.4, 0.5) is 0 Å². The van der Waals surface area contributed by atoms with Gasteiger partial charge >= 0.3 is 5.69 Å². The molecular weight excluding hydrogens is 504 g/mol. The Morgan fingerprint density at radius 3 is 1.56 bits per heavy atom. The fourth-order valence-electron chi connectivity index (χ4n) is 5.40. The van der Waals surface area contributed by atoms with Crippen molar-refractivity contribution in [2.75, 3.05) is 5.75 Å². The highest BCUT2D eigenvalue weighted by Gasteiger charge is 2.17. The lowest BCUT2D eigenvalue weighted by Gasteiger charge is -2.09. The molecule has 2 heterocycles. The van der Waals surface area contributed by atoms with Gasteiger partial charge in [-0.3, -0.25) is 14.3 Å². The van der Waals surface area contributed by atoms with Crippen LogP contribution in [0.25, 0.3) is 11.2 Å². The molecule has 0 amide bonds. The second kappa shape index (κ2) is 21.3. The Labute approximate surface area is 242 Å². The predicted octanol–water partition coefficient (Wildman–Crippen LogP) is 9.14. The monoisotopic (exact) mass is 562 g/mol. The van der Waals surface area contributed by atoms with Gasteiger partial charge in [0.15, 0.2) is 16.3 Å². The van der Waals surface area contributed by atoms with Gasteiger partial charge in [-0.05, 0) is 12.8 Å². The lowest BCUT2D eigenvalue weighted by atomic mass is 10.0. The molecule has 0 bridgehead atoms. The number of thioether (sulfide) groups is 1. The van der Waals surface area contributed by atoms with E-state index in [4.69, 9.17) is 4.98 Å². The predicted molar refractivity (Wildman–Crippen MR) is 169 cm³/mol. The van der Waals surface area contributed by atoms with Crippen molar-refractivity contribution < 1.29 is 0 Å². The molecule has 0 atom stereocenters. The second-order valence-corrected chi connectivity index (χ2v) is 12.5. The summed E-state index contributed by atoms with van der Waals surface area (Å²) >= 11 is 1.74. The summed E-state index contributed by atoms with van der Waals surface area (Å²) in [6.07, 6.45) is 29.0. The Morgan fingerprint density at radius 2 is 1.08 bits per heavy atom. The van der Waals surface area contributed by atoms with E-state index in [1.807, 2.05) is 0 Å². The van der Waals surface area contributed by atoms with Crippen LogP contribution in [-0.4, -0.2) is 24.9 Å². The number of nitrogens with one attached hydrogen (secondary N) is 1. The standard InChI is InChI=1S/C32H58N4O2S/c1-4-6-8-10-12-14-15-16-17-18-19-20-22-24-26-36-28-29(35(3)31(38)34-30(28)37)33-32(36)39-27-25-23-21-13-11-9-7-5-2/h4-27H2,1-3H3,(H,34,37,38). The van der Waals surface area contributed by atoms with Crippen LogP contribution in [0.2, 0.25) is 0 Å². The quantitative estimate of drug-likeness (QED) is 0.0967. The van der Waals surface area contributed by atoms with E-state index in [0.29, 0.717) is 11.2 Å². The van der Waals surface area contributed by atoms with E-state index in [1.165, 1.54) is 133 Å². The Kier molecular flexibility index (Phi) is 18.4. The average molecular weight is 563 g/mol. The molecule has 0 fully saturated rings. The van der Waals surface area contributed by atoms with Gasteiger partial charge in [0.25, 0.3) is 5.56 Å². The number of nitrogens with zero attached hydrogens (tertiary/aromatic N) is 3. The van der Waals surface area contributed by atoms with Crippen molar-refractivity contribution in [2.24, 2.45) is 7.05 Å². The molecule has 7 heteroatoms. The van der Waals surface area contributed by atoms with Gasteiger partial charge < -0.3 is 4.57 Å². The normalized spacial score (nSPS) is 11.7. The highest BCUT2D eigenvalue weighted by atomic mass is 32.2. The summed E-state index contributed by atoms with van der Waals surface area (Å²) < 4.78 is 3.54. The molecule has 0 saturated carbocycles. The minimum atomic E-state index is -0.395. The number of aromatic nitrogens is 4. The number of imidazole rings is 1. The molecule has 0 saturated heterocycles. The number of H-pyrrole nitrogens is 1. The average Bonchev–Trinajstić information content (AvgIpc) is 3.30. The number of hydrogen-bond acceptors (Lipinski definition) is 4. The van der Waals surface area contributed by atoms with Crippen LogP contribution >= 0.6 is 11.8 Å². The first-order chi connectivity index (χ1) is 19.1. The minimum Gasteiger partial charge on any atom is -0.313 e. The number of aromatic amines is 1. The number of fused-ring (bicyclic) bond motifs is 1. The second-order valence-electron chi connectivity index (χ2n) is 11.5. The molecule has 2 rings (SSSR count). The van der Waals surface area contributed by atoms with Crippen molar-refractivity contribution in [3.8, 4) is 0 Å². The molecule has 1 N–H and O–H groups in total. The number of rotatable bonds is 25. The van der Waals surface area contributed by atoms with Crippen molar-refractivity contribution in [1.29, 1.82) is 0 Å². The molecule has 0 aliphatic rings. The molecule has 2 aromatic rings. The maximum Gasteiger partial charge on any atom is 0.329 e. The molecule has 0 aliphatic carbocycles. The number of unbranched alkanes of at least 4 members (excludes halogenated alkanes) is 20. The van der Waals surface area contributed by atoms with Gasteiger partial charge in [-0.2, -0.15) is 0 Å². The first-order valence-electron chi connectivity index (χ1n) is 16.4. The van der Waals surface area contributed by atoms with Crippen molar-refractivity contribution in [1.82, 2.24) is 19.1 Å². The summed E-state index contributed by atoms with van der Waals surface area (Å²) in [6, 6.07) is 0. The van der Waals surface area contributed by atoms with Gasteiger partial charge in [0, 0.05) is 19.3 Å². The van der Waals surface area contributed by atoms with Crippen LogP contribution in [0, 0.1) is 0 Å². The summed E-state index contributed by atoms with van der Waals surface area (Å²) in [5.74, 6) is 1.00. The van der Waals surface area contributed by atoms with Gasteiger partial charge in [0.05, 0.1) is 0 Å². The van der Waals surface area contributed by atoms with Gasteiger partial charge in [0.2, 0.25) is 0 Å². The lowest BCUT2D eigenvalue weighted by Crippen LogP contribution is -2.29. The molecule has 224 valence electrons. The van der Waals surface area contributed by atoms with Crippen molar-refractivity contribution in [3.63, 3.8) is 0 Å². The summed E-state index contributed by atoms with van der Waals surface area (Å²) in [5.41, 5.74) is 0.343. The molecule has 0 aromatic carbocycles. The first-order valence-corrected chi connectivity index (χ1v) is 17.4. The van der Waals surface area contributed by atoms with Crippen molar-refractivity contribution in [3.05, 3.63) is 20.8 Å². The first kappa shape index (κ1) is 33.7. The van der Waals surface area contributed by atoms with E-state index in [9.17, 15) is 9.59 Å². The Bertz CT molecular complexity index is 1010. The van der Waals surface area contributed by atoms with E-state index in [2.05, 4.69) is 23.4 Å². The van der Waals surface area contributed by atoms with Crippen LogP contribution in [0.3, 0.4) is 0 Å². The van der Waals surface area contributed by atoms with Crippen LogP contribution in [0.1, 0.15) is 155 Å². The molecule has 2 aromatic heterocycles. The van der Waals surface area contributed by atoms with Crippen LogP contribution in [0.15, 0.2) is 14.7 Å². The molecule has 39 heavy (non-hydrogen) atoms. The number of aryl methyl sites for hydroxylation is 2. The maximum atomic E-state index is 12.7. The Morgan fingerprint density at radius 1 is 0.641 bits per heavy atom. The zero-order chi connectivity index (χ0) is 28.1. The fraction of sp³-hybridized carbons (Fsp3) is 0.844. The Balaban J connectivity index is 1.73. The highest BCUT2D eigenvalue weighted by molar-refractivity contribution is 7.99. The summed E-state index contributed by atoms with van der Waals surface area (Å²) in [5, 5.41) is 0.884. The molecular formula is C32H58N4O2S. The molecule has 6 nitrogen and oxygen atoms in total. The van der Waals surface area contributed by atoms with Gasteiger partial charge in [-0.1, -0.05) is 154 Å². The van der Waals surface area contributed by atoms with Crippen molar-refractivity contribution in [2.45, 2.75) is 167 Å². The van der Waals surface area contributed by atoms with Crippen LogP contribution in [0.5, 0.6) is 0 Å². The zero-order valence-electron chi connectivity index (χ0n) is 25.5. The minimum absolute atomic E-state index is 0.315. The maximum absolute atomic E-state index is 12.7. The van der Waals surface area contributed by atoms with Gasteiger partial charge in [-0.15, -0.1) is 0 Å². The summed E-state index contributed by atoms with van der Waals surface area (Å²) in [6.45, 7) is 5.33. The van der Waals surface area contributed by atoms with E-state index >= 15 is 0 Å². The van der Waals surface area contributed by atoms with E-state index in [1.54, 1.807) is 18.8 Å². The van der Waals surface area contributed by atoms with Crippen LogP contribution in [-0.2, 0) is 13.6 Å². The summed E-state index contributed by atoms with van der Waals surface area (Å²) in [4.78, 5) is 32.1. The van der Waals surface area contributed by atoms with E-state index in [0.717, 1.165) is 30.3 Å². The third-order valence-corrected chi connectivity index (χ3v) is 9.00. The smallest absolute Gasteiger partial charge is 0.313 e. The molecule has 0 aliphatic heterocycles. The van der Waals surface area contributed by atoms with Gasteiger partial charge in [0.1, 0.15) is 0 Å². The van der Waals surface area contributed by atoms with Crippen LogP contribution < -0.4 is 11.2 Å². The summed E-state index contributed by atoms with van der Waals surface area (Å²) in [7, 11) is 1.69. The Hall–Kier alpha value is -1.50. The van der Waals surface area contributed by atoms with Gasteiger partial charge in [-0.25, -0.2) is 9.78 Å². The van der Waals surface area contributed by atoms with E-state index < -0.39 is 5.69 Å². The largest absolute Gasteiger partial charge is 0.329 e. The zero-order valence-corrected chi connectivity index (χ0v) is 26.4. The number of hydrogen-bond donors (Lipinski definition) is 1. The fourth-order valence-corrected chi connectivity index (χ4v) is 6.42. The lowest BCUT2D eigenvalue weighted by molar-refractivity contribution is 0.519. The topological polar surface area (TPSA) is 72.7 Å². The third kappa shape index (κ3) is 13.1. The highest BCUT2D eigenvalue weighted by Crippen LogP contribution is 2.24. The third-order valence-electron chi connectivity index (χ3n) is 7.94. The molecule has 0 unspecified atom stereocenters.